The monoisotopic (exact) mass is 177 g/mol. The molecule has 2 aromatic rings. The summed E-state index contributed by atoms with van der Waals surface area (Å²) in [6.45, 7) is 0. The molecule has 1 heterocycles. The molecule has 2 nitrogen and oxygen atoms in total. The molecule has 1 aromatic carbocycles. The van der Waals surface area contributed by atoms with Crippen LogP contribution in [0.4, 0.5) is 0 Å². The first-order chi connectivity index (χ1) is 5.79. The second-order valence-corrected chi connectivity index (χ2v) is 3.13. The van der Waals surface area contributed by atoms with Crippen molar-refractivity contribution in [3.63, 3.8) is 0 Å². The first-order valence-corrected chi connectivity index (χ1v) is 4.01. The van der Waals surface area contributed by atoms with E-state index in [4.69, 9.17) is 0 Å². The van der Waals surface area contributed by atoms with Gasteiger partial charge in [-0.3, -0.25) is 4.79 Å². The van der Waals surface area contributed by atoms with Crippen LogP contribution in [-0.4, -0.2) is 11.3 Å². The predicted octanol–water partition coefficient (Wildman–Crippen LogP) is 2.27. The third-order valence-corrected chi connectivity index (χ3v) is 2.03. The molecule has 0 spiro atoms. The lowest BCUT2D eigenvalue weighted by molar-refractivity contribution is 0.112. The molecule has 0 aliphatic rings. The Morgan fingerprint density at radius 3 is 2.92 bits per heavy atom. The standard InChI is InChI=1S/C9H7NOS/c11-5-7-3-6-4-8(12)1-2-9(6)10-7/h1-5,10,12H. The lowest BCUT2D eigenvalue weighted by atomic mass is 10.2. The van der Waals surface area contributed by atoms with Gasteiger partial charge in [-0.15, -0.1) is 12.6 Å². The summed E-state index contributed by atoms with van der Waals surface area (Å²) in [5, 5.41) is 1.02. The predicted molar refractivity (Wildman–Crippen MR) is 50.9 cm³/mol. The van der Waals surface area contributed by atoms with Crippen LogP contribution < -0.4 is 0 Å². The van der Waals surface area contributed by atoms with Crippen LogP contribution in [0.25, 0.3) is 10.9 Å². The van der Waals surface area contributed by atoms with Crippen molar-refractivity contribution in [2.75, 3.05) is 0 Å². The van der Waals surface area contributed by atoms with Crippen LogP contribution in [0.5, 0.6) is 0 Å². The number of aromatic amines is 1. The molecule has 0 aliphatic heterocycles. The van der Waals surface area contributed by atoms with E-state index in [0.717, 1.165) is 22.1 Å². The van der Waals surface area contributed by atoms with Crippen molar-refractivity contribution in [3.8, 4) is 0 Å². The highest BCUT2D eigenvalue weighted by atomic mass is 32.1. The Balaban J connectivity index is 2.75. The van der Waals surface area contributed by atoms with Crippen LogP contribution in [-0.2, 0) is 0 Å². The lowest BCUT2D eigenvalue weighted by Crippen LogP contribution is -1.74. The van der Waals surface area contributed by atoms with Gasteiger partial charge in [-0.25, -0.2) is 0 Å². The zero-order valence-electron chi connectivity index (χ0n) is 6.24. The quantitative estimate of drug-likeness (QED) is 0.508. The fourth-order valence-electron chi connectivity index (χ4n) is 1.21. The molecule has 2 rings (SSSR count). The van der Waals surface area contributed by atoms with Gasteiger partial charge >= 0.3 is 0 Å². The summed E-state index contributed by atoms with van der Waals surface area (Å²) in [6, 6.07) is 7.52. The van der Waals surface area contributed by atoms with Crippen molar-refractivity contribution in [2.24, 2.45) is 0 Å². The van der Waals surface area contributed by atoms with Gasteiger partial charge in [0.1, 0.15) is 0 Å². The number of hydrogen-bond donors (Lipinski definition) is 2. The first kappa shape index (κ1) is 7.43. The van der Waals surface area contributed by atoms with Crippen molar-refractivity contribution >= 4 is 29.8 Å². The number of benzene rings is 1. The Morgan fingerprint density at radius 1 is 1.33 bits per heavy atom. The highest BCUT2D eigenvalue weighted by Gasteiger charge is 1.98. The molecule has 0 radical (unpaired) electrons. The number of carbonyl (C=O) groups excluding carboxylic acids is 1. The Hall–Kier alpha value is -1.22. The van der Waals surface area contributed by atoms with E-state index in [1.54, 1.807) is 0 Å². The number of nitrogens with one attached hydrogen (secondary N) is 1. The largest absolute Gasteiger partial charge is 0.352 e. The van der Waals surface area contributed by atoms with Crippen LogP contribution >= 0.6 is 12.6 Å². The molecule has 0 fully saturated rings. The second kappa shape index (κ2) is 2.68. The van der Waals surface area contributed by atoms with E-state index in [1.165, 1.54) is 0 Å². The maximum atomic E-state index is 10.4. The topological polar surface area (TPSA) is 32.9 Å². The molecule has 0 atom stereocenters. The van der Waals surface area contributed by atoms with E-state index in [1.807, 2.05) is 24.3 Å². The molecule has 0 saturated carbocycles. The third-order valence-electron chi connectivity index (χ3n) is 1.75. The smallest absolute Gasteiger partial charge is 0.166 e. The van der Waals surface area contributed by atoms with E-state index in [2.05, 4.69) is 17.6 Å². The fourth-order valence-corrected chi connectivity index (χ4v) is 1.42. The molecule has 0 unspecified atom stereocenters. The number of fused-ring (bicyclic) bond motifs is 1. The van der Waals surface area contributed by atoms with Gasteiger partial charge in [0.05, 0.1) is 5.69 Å². The van der Waals surface area contributed by atoms with Gasteiger partial charge in [0, 0.05) is 15.8 Å². The molecule has 1 aromatic heterocycles. The van der Waals surface area contributed by atoms with Gasteiger partial charge in [-0.05, 0) is 24.3 Å². The van der Waals surface area contributed by atoms with E-state index < -0.39 is 0 Å². The van der Waals surface area contributed by atoms with Crippen LogP contribution in [0.15, 0.2) is 29.2 Å². The summed E-state index contributed by atoms with van der Waals surface area (Å²) in [7, 11) is 0. The maximum Gasteiger partial charge on any atom is 0.166 e. The lowest BCUT2D eigenvalue weighted by Gasteiger charge is -1.89. The van der Waals surface area contributed by atoms with Gasteiger partial charge in [0.15, 0.2) is 6.29 Å². The molecule has 0 amide bonds. The van der Waals surface area contributed by atoms with E-state index in [-0.39, 0.29) is 0 Å². The summed E-state index contributed by atoms with van der Waals surface area (Å²) < 4.78 is 0. The van der Waals surface area contributed by atoms with E-state index >= 15 is 0 Å². The maximum absolute atomic E-state index is 10.4. The van der Waals surface area contributed by atoms with Gasteiger partial charge in [0.25, 0.3) is 0 Å². The summed E-state index contributed by atoms with van der Waals surface area (Å²) >= 11 is 4.20. The van der Waals surface area contributed by atoms with Crippen LogP contribution in [0, 0.1) is 0 Å². The van der Waals surface area contributed by atoms with Gasteiger partial charge in [-0.2, -0.15) is 0 Å². The molecular weight excluding hydrogens is 170 g/mol. The highest BCUT2D eigenvalue weighted by Crippen LogP contribution is 2.18. The highest BCUT2D eigenvalue weighted by molar-refractivity contribution is 7.80. The number of thiol groups is 1. The number of carbonyl (C=O) groups is 1. The van der Waals surface area contributed by atoms with Crippen molar-refractivity contribution < 1.29 is 4.79 Å². The molecule has 0 saturated heterocycles. The molecule has 60 valence electrons. The van der Waals surface area contributed by atoms with E-state index in [9.17, 15) is 4.79 Å². The molecule has 12 heavy (non-hydrogen) atoms. The summed E-state index contributed by atoms with van der Waals surface area (Å²) in [6.07, 6.45) is 0.804. The molecule has 1 N–H and O–H groups in total. The Labute approximate surface area is 75.0 Å². The molecular formula is C9H7NOS. The fraction of sp³-hybridized carbons (Fsp3) is 0. The van der Waals surface area contributed by atoms with Crippen molar-refractivity contribution in [3.05, 3.63) is 30.0 Å². The van der Waals surface area contributed by atoms with Crippen LogP contribution in [0.1, 0.15) is 10.5 Å². The zero-order chi connectivity index (χ0) is 8.55. The number of H-pyrrole nitrogens is 1. The normalized spacial score (nSPS) is 10.4. The minimum absolute atomic E-state index is 0.601. The summed E-state index contributed by atoms with van der Waals surface area (Å²) in [4.78, 5) is 14.3. The van der Waals surface area contributed by atoms with Crippen molar-refractivity contribution in [2.45, 2.75) is 4.90 Å². The Bertz CT molecular complexity index is 433. The number of rotatable bonds is 1. The van der Waals surface area contributed by atoms with Crippen LogP contribution in [0.2, 0.25) is 0 Å². The molecule has 0 aliphatic carbocycles. The summed E-state index contributed by atoms with van der Waals surface area (Å²) in [5.41, 5.74) is 1.57. The van der Waals surface area contributed by atoms with E-state index in [0.29, 0.717) is 5.69 Å². The van der Waals surface area contributed by atoms with Crippen molar-refractivity contribution in [1.82, 2.24) is 4.98 Å². The Morgan fingerprint density at radius 2 is 2.17 bits per heavy atom. The first-order valence-electron chi connectivity index (χ1n) is 3.56. The van der Waals surface area contributed by atoms with Crippen LogP contribution in [0.3, 0.4) is 0 Å². The number of aromatic nitrogens is 1. The minimum atomic E-state index is 0.601. The number of aldehydes is 1. The average molecular weight is 177 g/mol. The minimum Gasteiger partial charge on any atom is -0.352 e. The molecule has 3 heteroatoms. The number of hydrogen-bond acceptors (Lipinski definition) is 2. The van der Waals surface area contributed by atoms with Gasteiger partial charge < -0.3 is 4.98 Å². The molecule has 0 bridgehead atoms. The average Bonchev–Trinajstić information content (AvgIpc) is 2.46. The Kier molecular flexibility index (Phi) is 1.66. The van der Waals surface area contributed by atoms with Crippen molar-refractivity contribution in [1.29, 1.82) is 0 Å². The summed E-state index contributed by atoms with van der Waals surface area (Å²) in [5.74, 6) is 0. The van der Waals surface area contributed by atoms with Gasteiger partial charge in [-0.1, -0.05) is 0 Å². The third kappa shape index (κ3) is 1.12. The van der Waals surface area contributed by atoms with Gasteiger partial charge in [0.2, 0.25) is 0 Å². The second-order valence-electron chi connectivity index (χ2n) is 2.61. The SMILES string of the molecule is O=Cc1cc2cc(S)ccc2[nH]1. The zero-order valence-corrected chi connectivity index (χ0v) is 7.14.